The summed E-state index contributed by atoms with van der Waals surface area (Å²) in [5.41, 5.74) is -2.44. The Balaban J connectivity index is 0.000000842. The van der Waals surface area contributed by atoms with E-state index in [4.69, 9.17) is 25.2 Å². The second-order valence-corrected chi connectivity index (χ2v) is 10.1. The second-order valence-electron chi connectivity index (χ2n) is 10.1. The maximum Gasteiger partial charge on any atom is 0.314 e. The Hall–Kier alpha value is -0.770. The standard InChI is InChI=1S/C18H35NO3.C5H12O4/c1-11(2)17(12(3)4,13(5)6)18(14(7)8,16(20)21)15-19-9-10-22-15;6-1-5(2-7,3-8)4-9/h11-15,19H,9-10H2,1-8H3,(H,20,21);6-9H,1-4H2. The van der Waals surface area contributed by atoms with E-state index in [0.29, 0.717) is 6.61 Å². The molecule has 1 rings (SSSR count). The lowest BCUT2D eigenvalue weighted by Gasteiger charge is -2.59. The van der Waals surface area contributed by atoms with Gasteiger partial charge < -0.3 is 30.3 Å². The van der Waals surface area contributed by atoms with Crippen LogP contribution in [0.1, 0.15) is 55.4 Å². The maximum absolute atomic E-state index is 12.7. The van der Waals surface area contributed by atoms with E-state index in [9.17, 15) is 9.90 Å². The first kappa shape index (κ1) is 30.2. The Morgan fingerprint density at radius 2 is 1.23 bits per heavy atom. The van der Waals surface area contributed by atoms with Gasteiger partial charge in [-0.2, -0.15) is 0 Å². The molecule has 2 atom stereocenters. The zero-order chi connectivity index (χ0) is 24.6. The van der Waals surface area contributed by atoms with Crippen molar-refractivity contribution in [1.82, 2.24) is 5.32 Å². The monoisotopic (exact) mass is 449 g/mol. The number of ether oxygens (including phenoxy) is 1. The maximum atomic E-state index is 12.7. The van der Waals surface area contributed by atoms with E-state index in [1.165, 1.54) is 0 Å². The minimum atomic E-state index is -1.11. The van der Waals surface area contributed by atoms with Crippen molar-refractivity contribution in [3.8, 4) is 0 Å². The number of aliphatic carboxylic acids is 1. The molecule has 0 bridgehead atoms. The third-order valence-corrected chi connectivity index (χ3v) is 7.32. The Bertz CT molecular complexity index is 487. The number of aliphatic hydroxyl groups is 4. The van der Waals surface area contributed by atoms with Crippen molar-refractivity contribution in [1.29, 1.82) is 0 Å². The van der Waals surface area contributed by atoms with Crippen LogP contribution in [0.25, 0.3) is 0 Å². The predicted octanol–water partition coefficient (Wildman–Crippen LogP) is 1.56. The number of aliphatic hydroxyl groups excluding tert-OH is 4. The SMILES string of the molecule is CC(C)C(C(=O)O)(C1NCCO1)C(C(C)C)(C(C)C)C(C)C.OCC(CO)(CO)CO. The molecule has 1 aliphatic heterocycles. The highest BCUT2D eigenvalue weighted by Gasteiger charge is 2.67. The van der Waals surface area contributed by atoms with Gasteiger partial charge in [0.15, 0.2) is 0 Å². The van der Waals surface area contributed by atoms with Crippen LogP contribution in [0.3, 0.4) is 0 Å². The van der Waals surface area contributed by atoms with E-state index in [1.54, 1.807) is 0 Å². The van der Waals surface area contributed by atoms with Crippen LogP contribution < -0.4 is 5.32 Å². The average molecular weight is 450 g/mol. The van der Waals surface area contributed by atoms with E-state index >= 15 is 0 Å². The van der Waals surface area contributed by atoms with Crippen molar-refractivity contribution < 1.29 is 35.1 Å². The van der Waals surface area contributed by atoms with Crippen molar-refractivity contribution in [2.45, 2.75) is 61.6 Å². The fourth-order valence-corrected chi connectivity index (χ4v) is 6.03. The van der Waals surface area contributed by atoms with E-state index in [-0.39, 0.29) is 29.1 Å². The van der Waals surface area contributed by atoms with Crippen LogP contribution in [0.15, 0.2) is 0 Å². The Morgan fingerprint density at radius 1 is 0.839 bits per heavy atom. The molecular weight excluding hydrogens is 402 g/mol. The highest BCUT2D eigenvalue weighted by molar-refractivity contribution is 5.77. The molecule has 1 saturated heterocycles. The topological polar surface area (TPSA) is 139 Å². The van der Waals surface area contributed by atoms with Gasteiger partial charge in [-0.1, -0.05) is 55.4 Å². The largest absolute Gasteiger partial charge is 0.481 e. The Morgan fingerprint density at radius 3 is 1.39 bits per heavy atom. The second kappa shape index (κ2) is 12.5. The van der Waals surface area contributed by atoms with E-state index < -0.39 is 49.5 Å². The fraction of sp³-hybridized carbons (Fsp3) is 0.957. The molecule has 31 heavy (non-hydrogen) atoms. The molecule has 0 spiro atoms. The van der Waals surface area contributed by atoms with Gasteiger partial charge in [0.2, 0.25) is 0 Å². The molecular formula is C23H47NO7. The number of hydrogen-bond donors (Lipinski definition) is 6. The smallest absolute Gasteiger partial charge is 0.314 e. The van der Waals surface area contributed by atoms with E-state index in [0.717, 1.165) is 6.54 Å². The van der Waals surface area contributed by atoms with Crippen LogP contribution in [0.2, 0.25) is 0 Å². The minimum absolute atomic E-state index is 0.0344. The molecule has 0 aromatic carbocycles. The number of hydrogen-bond acceptors (Lipinski definition) is 7. The highest BCUT2D eigenvalue weighted by Crippen LogP contribution is 2.61. The van der Waals surface area contributed by atoms with Crippen LogP contribution in [-0.4, -0.2) is 77.3 Å². The zero-order valence-electron chi connectivity index (χ0n) is 20.7. The molecule has 2 unspecified atom stereocenters. The number of rotatable bonds is 11. The lowest BCUT2D eigenvalue weighted by Crippen LogP contribution is -2.66. The molecule has 8 nitrogen and oxygen atoms in total. The fourth-order valence-electron chi connectivity index (χ4n) is 6.03. The Kier molecular flexibility index (Phi) is 12.2. The van der Waals surface area contributed by atoms with Crippen LogP contribution in [0, 0.1) is 39.9 Å². The molecule has 0 saturated carbocycles. The van der Waals surface area contributed by atoms with E-state index in [2.05, 4.69) is 46.9 Å². The molecule has 1 heterocycles. The van der Waals surface area contributed by atoms with Crippen molar-refractivity contribution in [2.75, 3.05) is 39.6 Å². The lowest BCUT2D eigenvalue weighted by atomic mass is 9.44. The summed E-state index contributed by atoms with van der Waals surface area (Å²) in [5.74, 6) is -0.0724. The highest BCUT2D eigenvalue weighted by atomic mass is 16.5. The van der Waals surface area contributed by atoms with Gasteiger partial charge in [0.25, 0.3) is 0 Å². The minimum Gasteiger partial charge on any atom is -0.481 e. The summed E-state index contributed by atoms with van der Waals surface area (Å²) in [6.07, 6.45) is -0.433. The van der Waals surface area contributed by atoms with E-state index in [1.807, 2.05) is 13.8 Å². The first-order valence-corrected chi connectivity index (χ1v) is 11.3. The summed E-state index contributed by atoms with van der Waals surface area (Å²) in [6, 6.07) is 0. The summed E-state index contributed by atoms with van der Waals surface area (Å²) in [5, 5.41) is 47.7. The predicted molar refractivity (Wildman–Crippen MR) is 120 cm³/mol. The summed E-state index contributed by atoms with van der Waals surface area (Å²) in [7, 11) is 0. The molecule has 1 aliphatic rings. The summed E-state index contributed by atoms with van der Waals surface area (Å²) in [4.78, 5) is 12.7. The molecule has 186 valence electrons. The summed E-state index contributed by atoms with van der Waals surface area (Å²) in [6.45, 7) is 16.7. The van der Waals surface area contributed by atoms with Crippen LogP contribution in [-0.2, 0) is 9.53 Å². The number of carboxylic acids is 1. The molecule has 0 aliphatic carbocycles. The molecule has 0 aromatic heterocycles. The van der Waals surface area contributed by atoms with Crippen molar-refractivity contribution in [2.24, 2.45) is 39.9 Å². The van der Waals surface area contributed by atoms with Gasteiger partial charge in [-0.3, -0.25) is 10.1 Å². The molecule has 0 radical (unpaired) electrons. The van der Waals surface area contributed by atoms with Gasteiger partial charge in [-0.25, -0.2) is 0 Å². The van der Waals surface area contributed by atoms with Gasteiger partial charge in [-0.05, 0) is 29.1 Å². The van der Waals surface area contributed by atoms with Gasteiger partial charge in [0, 0.05) is 6.54 Å². The van der Waals surface area contributed by atoms with Crippen LogP contribution >= 0.6 is 0 Å². The average Bonchev–Trinajstić information content (AvgIpc) is 3.21. The summed E-state index contributed by atoms with van der Waals surface area (Å²) >= 11 is 0. The van der Waals surface area contributed by atoms with Crippen LogP contribution in [0.4, 0.5) is 0 Å². The van der Waals surface area contributed by atoms with Gasteiger partial charge in [0.1, 0.15) is 11.6 Å². The molecule has 8 heteroatoms. The Labute approximate surface area is 188 Å². The number of carbonyl (C=O) groups is 1. The van der Waals surface area contributed by atoms with Crippen molar-refractivity contribution in [3.63, 3.8) is 0 Å². The first-order valence-electron chi connectivity index (χ1n) is 11.3. The number of nitrogens with one attached hydrogen (secondary N) is 1. The zero-order valence-corrected chi connectivity index (χ0v) is 20.7. The quantitative estimate of drug-likeness (QED) is 0.279. The van der Waals surface area contributed by atoms with Gasteiger partial charge in [0.05, 0.1) is 38.4 Å². The molecule has 0 amide bonds. The van der Waals surface area contributed by atoms with Crippen molar-refractivity contribution >= 4 is 5.97 Å². The van der Waals surface area contributed by atoms with Gasteiger partial charge >= 0.3 is 5.97 Å². The van der Waals surface area contributed by atoms with Gasteiger partial charge in [-0.15, -0.1) is 0 Å². The first-order chi connectivity index (χ1) is 14.3. The third-order valence-electron chi connectivity index (χ3n) is 7.32. The lowest BCUT2D eigenvalue weighted by molar-refractivity contribution is -0.213. The molecule has 6 N–H and O–H groups in total. The third kappa shape index (κ3) is 5.42. The summed E-state index contributed by atoms with van der Waals surface area (Å²) < 4.78 is 5.91. The number of carboxylic acid groups (broad SMARTS) is 1. The van der Waals surface area contributed by atoms with Crippen LogP contribution in [0.5, 0.6) is 0 Å². The van der Waals surface area contributed by atoms with Crippen molar-refractivity contribution in [3.05, 3.63) is 0 Å². The molecule has 1 fully saturated rings. The molecule has 0 aromatic rings. The normalized spacial score (nSPS) is 19.7.